The van der Waals surface area contributed by atoms with E-state index in [0.717, 1.165) is 0 Å². The fourth-order valence-electron chi connectivity index (χ4n) is 1.49. The molecule has 1 aliphatic rings. The Morgan fingerprint density at radius 1 is 1.35 bits per heavy atom. The van der Waals surface area contributed by atoms with Crippen molar-refractivity contribution in [1.82, 2.24) is 4.90 Å². The van der Waals surface area contributed by atoms with Crippen molar-refractivity contribution in [2.45, 2.75) is 12.9 Å². The first-order chi connectivity index (χ1) is 9.21. The van der Waals surface area contributed by atoms with E-state index in [1.54, 1.807) is 6.92 Å². The minimum atomic E-state index is -4.81. The summed E-state index contributed by atoms with van der Waals surface area (Å²) < 4.78 is 44.1. The minimum Gasteiger partial charge on any atom is -0.496 e. The largest absolute Gasteiger partial charge is 0.635 e. The van der Waals surface area contributed by atoms with E-state index in [1.807, 2.05) is 0 Å². The van der Waals surface area contributed by atoms with Crippen molar-refractivity contribution < 1.29 is 36.1 Å². The van der Waals surface area contributed by atoms with Crippen LogP contribution in [0.2, 0.25) is 0 Å². The van der Waals surface area contributed by atoms with E-state index >= 15 is 0 Å². The predicted octanol–water partition coefficient (Wildman–Crippen LogP) is -1.19. The SMILES string of the molecule is C/C=C/C(OS(=O)(=O)O)B1OC(=O)CN(C)CC(=O)O1. The third-order valence-corrected chi connectivity index (χ3v) is 2.64. The fraction of sp³-hybridized carbons (Fsp3) is 0.556. The quantitative estimate of drug-likeness (QED) is 0.388. The monoisotopic (exact) mass is 307 g/mol. The maximum absolute atomic E-state index is 11.5. The lowest BCUT2D eigenvalue weighted by molar-refractivity contribution is -0.146. The van der Waals surface area contributed by atoms with Gasteiger partial charge >= 0.3 is 29.5 Å². The Hall–Kier alpha value is -1.43. The van der Waals surface area contributed by atoms with Gasteiger partial charge in [-0.15, -0.1) is 0 Å². The van der Waals surface area contributed by atoms with Crippen molar-refractivity contribution in [2.75, 3.05) is 20.1 Å². The fourth-order valence-corrected chi connectivity index (χ4v) is 1.92. The van der Waals surface area contributed by atoms with Crippen LogP contribution in [-0.4, -0.2) is 63.1 Å². The van der Waals surface area contributed by atoms with Crippen LogP contribution < -0.4 is 0 Å². The topological polar surface area (TPSA) is 119 Å². The molecule has 1 rings (SSSR count). The summed E-state index contributed by atoms with van der Waals surface area (Å²) in [4.78, 5) is 24.4. The number of nitrogens with zero attached hydrogens (tertiary/aromatic N) is 1. The smallest absolute Gasteiger partial charge is 0.496 e. The standard InChI is InChI=1S/C9H14BNO8S/c1-3-4-7(19-20(14,15)16)10-17-8(12)5-11(2)6-9(13)18-10/h3-4,7H,5-6H2,1-2H3,(H,14,15,16)/b4-3+. The minimum absolute atomic E-state index is 0.167. The highest BCUT2D eigenvalue weighted by molar-refractivity contribution is 7.81. The first kappa shape index (κ1) is 16.6. The van der Waals surface area contributed by atoms with E-state index in [2.05, 4.69) is 4.18 Å². The van der Waals surface area contributed by atoms with Gasteiger partial charge < -0.3 is 9.31 Å². The predicted molar refractivity (Wildman–Crippen MR) is 66.7 cm³/mol. The molecule has 0 aliphatic carbocycles. The molecule has 1 atom stereocenters. The van der Waals surface area contributed by atoms with E-state index in [9.17, 15) is 18.0 Å². The number of carbonyl (C=O) groups is 2. The van der Waals surface area contributed by atoms with Gasteiger partial charge in [0.1, 0.15) is 0 Å². The Morgan fingerprint density at radius 3 is 2.25 bits per heavy atom. The molecule has 0 amide bonds. The lowest BCUT2D eigenvalue weighted by Crippen LogP contribution is -2.48. The van der Waals surface area contributed by atoms with Crippen LogP contribution in [0.5, 0.6) is 0 Å². The average Bonchev–Trinajstić information content (AvgIpc) is 2.23. The number of likely N-dealkylation sites (N-methyl/N-ethyl adjacent to an activating group) is 1. The normalized spacial score (nSPS) is 20.2. The molecule has 1 saturated heterocycles. The molecule has 1 fully saturated rings. The van der Waals surface area contributed by atoms with Crippen LogP contribution in [-0.2, 0) is 33.5 Å². The van der Waals surface area contributed by atoms with Gasteiger partial charge in [0.05, 0.1) is 13.1 Å². The van der Waals surface area contributed by atoms with Crippen LogP contribution in [0.4, 0.5) is 0 Å². The number of hydrogen-bond donors (Lipinski definition) is 1. The van der Waals surface area contributed by atoms with E-state index < -0.39 is 35.5 Å². The molecule has 0 aromatic carbocycles. The van der Waals surface area contributed by atoms with Gasteiger partial charge in [-0.25, -0.2) is 4.18 Å². The highest BCUT2D eigenvalue weighted by Gasteiger charge is 2.41. The number of hydrogen-bond acceptors (Lipinski definition) is 8. The summed E-state index contributed by atoms with van der Waals surface area (Å²) in [6.07, 6.45) is 2.56. The Kier molecular flexibility index (Phi) is 5.68. The van der Waals surface area contributed by atoms with Crippen LogP contribution in [0.25, 0.3) is 0 Å². The van der Waals surface area contributed by atoms with Gasteiger partial charge in [-0.1, -0.05) is 12.2 Å². The van der Waals surface area contributed by atoms with Crippen LogP contribution in [0.15, 0.2) is 12.2 Å². The summed E-state index contributed by atoms with van der Waals surface area (Å²) in [6, 6.07) is -1.47. The summed E-state index contributed by atoms with van der Waals surface area (Å²) in [5, 5.41) is 0. The number of allylic oxidation sites excluding steroid dienone is 1. The third-order valence-electron chi connectivity index (χ3n) is 2.18. The molecule has 0 saturated carbocycles. The molecule has 1 aliphatic heterocycles. The lowest BCUT2D eigenvalue weighted by atomic mass is 9.80. The molecular weight excluding hydrogens is 293 g/mol. The van der Waals surface area contributed by atoms with E-state index in [4.69, 9.17) is 13.9 Å². The van der Waals surface area contributed by atoms with Gasteiger partial charge in [0, 0.05) is 0 Å². The van der Waals surface area contributed by atoms with Crippen LogP contribution in [0.3, 0.4) is 0 Å². The summed E-state index contributed by atoms with van der Waals surface area (Å²) in [6.45, 7) is 1.21. The zero-order valence-corrected chi connectivity index (χ0v) is 11.7. The van der Waals surface area contributed by atoms with Crippen molar-refractivity contribution in [1.29, 1.82) is 0 Å². The molecule has 1 heterocycles. The zero-order chi connectivity index (χ0) is 15.3. The van der Waals surface area contributed by atoms with Gasteiger partial charge in [-0.2, -0.15) is 8.42 Å². The molecule has 1 N–H and O–H groups in total. The molecular formula is C9H14BNO8S. The van der Waals surface area contributed by atoms with Crippen molar-refractivity contribution >= 4 is 29.5 Å². The zero-order valence-electron chi connectivity index (χ0n) is 10.9. The second-order valence-corrected chi connectivity index (χ2v) is 5.08. The Balaban J connectivity index is 2.92. The first-order valence-electron chi connectivity index (χ1n) is 5.57. The lowest BCUT2D eigenvalue weighted by Gasteiger charge is -2.24. The Morgan fingerprint density at radius 2 is 1.85 bits per heavy atom. The van der Waals surface area contributed by atoms with Gasteiger partial charge in [0.15, 0.2) is 6.00 Å². The highest BCUT2D eigenvalue weighted by Crippen LogP contribution is 2.10. The van der Waals surface area contributed by atoms with Gasteiger partial charge in [-0.05, 0) is 14.0 Å². The summed E-state index contributed by atoms with van der Waals surface area (Å²) in [5.74, 6) is -1.45. The highest BCUT2D eigenvalue weighted by atomic mass is 32.3. The maximum Gasteiger partial charge on any atom is 0.635 e. The molecule has 9 nitrogen and oxygen atoms in total. The molecule has 112 valence electrons. The van der Waals surface area contributed by atoms with Crippen molar-refractivity contribution in [3.8, 4) is 0 Å². The van der Waals surface area contributed by atoms with E-state index in [0.29, 0.717) is 0 Å². The van der Waals surface area contributed by atoms with Gasteiger partial charge in [0.25, 0.3) is 0 Å². The molecule has 20 heavy (non-hydrogen) atoms. The van der Waals surface area contributed by atoms with E-state index in [1.165, 1.54) is 24.1 Å². The van der Waals surface area contributed by atoms with Gasteiger partial charge in [-0.3, -0.25) is 19.0 Å². The summed E-state index contributed by atoms with van der Waals surface area (Å²) in [7, 11) is -4.89. The second kappa shape index (κ2) is 6.84. The van der Waals surface area contributed by atoms with Crippen molar-refractivity contribution in [3.63, 3.8) is 0 Å². The summed E-state index contributed by atoms with van der Waals surface area (Å²) in [5.41, 5.74) is 0. The molecule has 0 aromatic heterocycles. The van der Waals surface area contributed by atoms with Crippen LogP contribution >= 0.6 is 0 Å². The molecule has 0 spiro atoms. The first-order valence-corrected chi connectivity index (χ1v) is 6.94. The summed E-state index contributed by atoms with van der Waals surface area (Å²) >= 11 is 0. The third kappa shape index (κ3) is 5.69. The Labute approximate surface area is 116 Å². The van der Waals surface area contributed by atoms with Crippen molar-refractivity contribution in [2.24, 2.45) is 0 Å². The average molecular weight is 307 g/mol. The Bertz CT molecular complexity index is 484. The molecule has 0 aromatic rings. The number of carbonyl (C=O) groups excluding carboxylic acids is 2. The second-order valence-electron chi connectivity index (χ2n) is 4.03. The van der Waals surface area contributed by atoms with Crippen LogP contribution in [0.1, 0.15) is 6.92 Å². The van der Waals surface area contributed by atoms with Gasteiger partial charge in [0.2, 0.25) is 0 Å². The molecule has 0 radical (unpaired) electrons. The van der Waals surface area contributed by atoms with Crippen LogP contribution in [0, 0.1) is 0 Å². The number of rotatable bonds is 4. The molecule has 1 unspecified atom stereocenters. The maximum atomic E-state index is 11.5. The molecule has 0 bridgehead atoms. The molecule has 11 heteroatoms. The van der Waals surface area contributed by atoms with Crippen molar-refractivity contribution in [3.05, 3.63) is 12.2 Å². The van der Waals surface area contributed by atoms with E-state index in [-0.39, 0.29) is 13.1 Å².